The van der Waals surface area contributed by atoms with Gasteiger partial charge in [-0.15, -0.1) is 0 Å². The number of fused-ring (bicyclic) bond motifs is 1. The lowest BCUT2D eigenvalue weighted by Crippen LogP contribution is -2.56. The Balaban J connectivity index is 1.15. The van der Waals surface area contributed by atoms with Crippen LogP contribution in [0.3, 0.4) is 0 Å². The number of aromatic nitrogens is 1. The summed E-state index contributed by atoms with van der Waals surface area (Å²) in [6, 6.07) is 6.13. The number of aliphatic hydroxyl groups is 1. The SMILES string of the molecule is CC1(N2CCC(c3cc4cc(NC(=O)C5CC56CCOCC6)ncc4cc3Cl)CC2)COCC1O. The van der Waals surface area contributed by atoms with E-state index in [0.29, 0.717) is 24.9 Å². The molecular formula is C27H34ClN3O4. The quantitative estimate of drug-likeness (QED) is 0.662. The zero-order chi connectivity index (χ0) is 24.2. The van der Waals surface area contributed by atoms with Crippen molar-refractivity contribution in [3.05, 3.63) is 35.0 Å². The standard InChI is InChI=1S/C27H34ClN3O4/c1-26(16-35-15-23(26)32)31-6-2-17(3-7-31)20-10-18-12-24(29-14-19(18)11-22(20)28)30-25(33)21-13-27(21)4-8-34-9-5-27/h10-12,14,17,21,23,32H,2-9,13,15-16H2,1H3,(H,29,30,33). The van der Waals surface area contributed by atoms with Crippen LogP contribution in [-0.4, -0.2) is 72.1 Å². The van der Waals surface area contributed by atoms with Crippen molar-refractivity contribution in [1.29, 1.82) is 0 Å². The number of anilines is 1. The van der Waals surface area contributed by atoms with Gasteiger partial charge in [-0.1, -0.05) is 11.6 Å². The van der Waals surface area contributed by atoms with Gasteiger partial charge in [-0.25, -0.2) is 4.98 Å². The fraction of sp³-hybridized carbons (Fsp3) is 0.630. The van der Waals surface area contributed by atoms with Crippen LogP contribution in [0.5, 0.6) is 0 Å². The zero-order valence-electron chi connectivity index (χ0n) is 20.3. The minimum atomic E-state index is -0.443. The average Bonchev–Trinajstić information content (AvgIpc) is 3.44. The second kappa shape index (κ2) is 8.96. The van der Waals surface area contributed by atoms with Crippen molar-refractivity contribution in [1.82, 2.24) is 9.88 Å². The van der Waals surface area contributed by atoms with E-state index >= 15 is 0 Å². The van der Waals surface area contributed by atoms with E-state index in [1.807, 2.05) is 12.1 Å². The van der Waals surface area contributed by atoms with E-state index in [1.165, 1.54) is 0 Å². The Kier molecular flexibility index (Phi) is 6.05. The van der Waals surface area contributed by atoms with Crippen LogP contribution in [0.2, 0.25) is 5.02 Å². The number of nitrogens with one attached hydrogen (secondary N) is 1. The van der Waals surface area contributed by atoms with Gasteiger partial charge in [0.05, 0.1) is 24.9 Å². The molecule has 2 N–H and O–H groups in total. The molecule has 3 atom stereocenters. The van der Waals surface area contributed by atoms with Crippen molar-refractivity contribution < 1.29 is 19.4 Å². The molecule has 1 aromatic carbocycles. The summed E-state index contributed by atoms with van der Waals surface area (Å²) >= 11 is 6.73. The van der Waals surface area contributed by atoms with Crippen LogP contribution in [0.15, 0.2) is 24.4 Å². The fourth-order valence-corrected chi connectivity index (χ4v) is 6.81. The van der Waals surface area contributed by atoms with E-state index < -0.39 is 6.10 Å². The number of carbonyl (C=O) groups is 1. The Bertz CT molecular complexity index is 1130. The summed E-state index contributed by atoms with van der Waals surface area (Å²) in [5, 5.41) is 16.3. The number of amides is 1. The van der Waals surface area contributed by atoms with Gasteiger partial charge in [0.1, 0.15) is 5.82 Å². The molecule has 3 unspecified atom stereocenters. The summed E-state index contributed by atoms with van der Waals surface area (Å²) in [5.41, 5.74) is 0.993. The lowest BCUT2D eigenvalue weighted by molar-refractivity contribution is -0.118. The molecule has 0 bridgehead atoms. The molecule has 188 valence electrons. The number of hydrogen-bond acceptors (Lipinski definition) is 6. The molecule has 35 heavy (non-hydrogen) atoms. The summed E-state index contributed by atoms with van der Waals surface area (Å²) in [6.07, 6.45) is 6.22. The molecule has 4 heterocycles. The molecule has 2 aromatic rings. The van der Waals surface area contributed by atoms with Gasteiger partial charge in [0.2, 0.25) is 5.91 Å². The van der Waals surface area contributed by atoms with Crippen LogP contribution >= 0.6 is 11.6 Å². The van der Waals surface area contributed by atoms with Crippen molar-refractivity contribution in [3.8, 4) is 0 Å². The first-order valence-electron chi connectivity index (χ1n) is 12.9. The van der Waals surface area contributed by atoms with Crippen molar-refractivity contribution >= 4 is 34.1 Å². The van der Waals surface area contributed by atoms with E-state index in [-0.39, 0.29) is 22.8 Å². The number of benzene rings is 1. The number of hydrogen-bond donors (Lipinski definition) is 2. The number of rotatable bonds is 4. The summed E-state index contributed by atoms with van der Waals surface area (Å²) in [7, 11) is 0. The molecular weight excluding hydrogens is 466 g/mol. The topological polar surface area (TPSA) is 83.9 Å². The number of likely N-dealkylation sites (tertiary alicyclic amines) is 1. The second-order valence-electron chi connectivity index (χ2n) is 11.2. The number of aliphatic hydroxyl groups excluding tert-OH is 1. The minimum Gasteiger partial charge on any atom is -0.389 e. The number of ether oxygens (including phenoxy) is 2. The first kappa shape index (κ1) is 23.6. The Hall–Kier alpha value is -1.77. The van der Waals surface area contributed by atoms with E-state index in [4.69, 9.17) is 21.1 Å². The predicted molar refractivity (Wildman–Crippen MR) is 135 cm³/mol. The highest BCUT2D eigenvalue weighted by Crippen LogP contribution is 2.59. The van der Waals surface area contributed by atoms with E-state index in [1.54, 1.807) is 6.20 Å². The summed E-state index contributed by atoms with van der Waals surface area (Å²) in [6.45, 7) is 6.41. The highest BCUT2D eigenvalue weighted by molar-refractivity contribution is 6.32. The van der Waals surface area contributed by atoms with Crippen molar-refractivity contribution in [3.63, 3.8) is 0 Å². The van der Waals surface area contributed by atoms with E-state index in [9.17, 15) is 9.90 Å². The Morgan fingerprint density at radius 3 is 2.66 bits per heavy atom. The van der Waals surface area contributed by atoms with Crippen LogP contribution in [0.4, 0.5) is 5.82 Å². The largest absolute Gasteiger partial charge is 0.389 e. The highest BCUT2D eigenvalue weighted by atomic mass is 35.5. The Morgan fingerprint density at radius 1 is 1.17 bits per heavy atom. The molecule has 1 amide bonds. The first-order valence-corrected chi connectivity index (χ1v) is 13.2. The molecule has 3 saturated heterocycles. The van der Waals surface area contributed by atoms with Gasteiger partial charge in [-0.3, -0.25) is 9.69 Å². The number of halogens is 1. The summed E-state index contributed by atoms with van der Waals surface area (Å²) < 4.78 is 11.0. The maximum absolute atomic E-state index is 12.9. The molecule has 4 fully saturated rings. The summed E-state index contributed by atoms with van der Waals surface area (Å²) in [4.78, 5) is 19.8. The molecule has 0 radical (unpaired) electrons. The van der Waals surface area contributed by atoms with Crippen LogP contribution in [0, 0.1) is 11.3 Å². The Labute approximate surface area is 211 Å². The van der Waals surface area contributed by atoms with Gasteiger partial charge in [0.25, 0.3) is 0 Å². The van der Waals surface area contributed by atoms with Gasteiger partial charge in [0.15, 0.2) is 0 Å². The molecule has 1 spiro atoms. The normalized spacial score (nSPS) is 31.2. The van der Waals surface area contributed by atoms with E-state index in [2.05, 4.69) is 28.2 Å². The fourth-order valence-electron chi connectivity index (χ4n) is 6.48. The first-order chi connectivity index (χ1) is 16.9. The van der Waals surface area contributed by atoms with Crippen LogP contribution in [0.1, 0.15) is 50.5 Å². The van der Waals surface area contributed by atoms with Crippen LogP contribution < -0.4 is 5.32 Å². The number of pyridine rings is 1. The molecule has 7 nitrogen and oxygen atoms in total. The molecule has 1 aliphatic carbocycles. The van der Waals surface area contributed by atoms with Gasteiger partial charge in [-0.2, -0.15) is 0 Å². The smallest absolute Gasteiger partial charge is 0.229 e. The molecule has 6 rings (SSSR count). The molecule has 8 heteroatoms. The van der Waals surface area contributed by atoms with Gasteiger partial charge < -0.3 is 19.9 Å². The van der Waals surface area contributed by atoms with Gasteiger partial charge >= 0.3 is 0 Å². The highest BCUT2D eigenvalue weighted by Gasteiger charge is 2.58. The van der Waals surface area contributed by atoms with E-state index in [0.717, 1.165) is 79.8 Å². The zero-order valence-corrected chi connectivity index (χ0v) is 21.0. The van der Waals surface area contributed by atoms with Crippen LogP contribution in [-0.2, 0) is 14.3 Å². The van der Waals surface area contributed by atoms with Crippen molar-refractivity contribution in [2.45, 2.75) is 56.6 Å². The van der Waals surface area contributed by atoms with Crippen LogP contribution in [0.25, 0.3) is 10.8 Å². The number of nitrogens with zero attached hydrogens (tertiary/aromatic N) is 2. The maximum atomic E-state index is 12.9. The number of piperidine rings is 1. The monoisotopic (exact) mass is 499 g/mol. The van der Waals surface area contributed by atoms with Crippen molar-refractivity contribution in [2.75, 3.05) is 44.8 Å². The maximum Gasteiger partial charge on any atom is 0.229 e. The Morgan fingerprint density at radius 2 is 1.94 bits per heavy atom. The lowest BCUT2D eigenvalue weighted by Gasteiger charge is -2.43. The van der Waals surface area contributed by atoms with Crippen molar-refractivity contribution in [2.24, 2.45) is 11.3 Å². The molecule has 3 aliphatic heterocycles. The third-order valence-electron chi connectivity index (χ3n) is 9.13. The van der Waals surface area contributed by atoms with Gasteiger partial charge in [-0.05, 0) is 92.6 Å². The third kappa shape index (κ3) is 4.25. The second-order valence-corrected chi connectivity index (χ2v) is 11.6. The minimum absolute atomic E-state index is 0.0699. The summed E-state index contributed by atoms with van der Waals surface area (Å²) in [5.74, 6) is 1.10. The molecule has 1 saturated carbocycles. The molecule has 1 aromatic heterocycles. The third-order valence-corrected chi connectivity index (χ3v) is 9.46. The number of carbonyl (C=O) groups excluding carboxylic acids is 1. The lowest BCUT2D eigenvalue weighted by atomic mass is 9.85. The molecule has 4 aliphatic rings. The van der Waals surface area contributed by atoms with Gasteiger partial charge in [0, 0.05) is 35.7 Å². The predicted octanol–water partition coefficient (Wildman–Crippen LogP) is 3.97. The average molecular weight is 500 g/mol.